The summed E-state index contributed by atoms with van der Waals surface area (Å²) in [5.41, 5.74) is 0. The van der Waals surface area contributed by atoms with Gasteiger partial charge in [0.25, 0.3) is 0 Å². The average Bonchev–Trinajstić information content (AvgIpc) is 3.17. The third-order valence-electron chi connectivity index (χ3n) is 9.90. The summed E-state index contributed by atoms with van der Waals surface area (Å²) in [6.45, 7) is 1.02. The van der Waals surface area contributed by atoms with Gasteiger partial charge in [-0.15, -0.1) is 0 Å². The lowest BCUT2D eigenvalue weighted by Crippen LogP contribution is -2.66. The van der Waals surface area contributed by atoms with Crippen molar-refractivity contribution in [2.45, 2.75) is 176 Å². The molecule has 17 unspecified atom stereocenters. The van der Waals surface area contributed by atoms with Crippen LogP contribution in [0, 0.1) is 0 Å². The first kappa shape index (κ1) is 46.9. The molecule has 0 radical (unpaired) electrons. The fraction of sp³-hybridized carbons (Fsp3) is 0.914. The zero-order valence-corrected chi connectivity index (χ0v) is 30.9. The van der Waals surface area contributed by atoms with Crippen molar-refractivity contribution in [1.82, 2.24) is 5.32 Å². The van der Waals surface area contributed by atoms with Gasteiger partial charge in [-0.25, -0.2) is 0 Å². The van der Waals surface area contributed by atoms with Gasteiger partial charge < -0.3 is 89.9 Å². The zero-order chi connectivity index (χ0) is 39.9. The SMILES string of the molecule is CCCCCCCCC/C=C/C(O)C(COC1OC(CO)C(OC2OC(CO)C(OC3OC(CO)C(O)C(O)C3O)C(O)C2O)C(O)C1O)NC(=O)CC. The molecule has 0 bridgehead atoms. The number of carbonyl (C=O) groups is 1. The molecule has 1 amide bonds. The second-order valence-electron chi connectivity index (χ2n) is 14.0. The van der Waals surface area contributed by atoms with Gasteiger partial charge >= 0.3 is 0 Å². The molecular formula is C35H63NO18. The first-order valence-corrected chi connectivity index (χ1v) is 18.9. The van der Waals surface area contributed by atoms with Crippen LogP contribution < -0.4 is 5.32 Å². The van der Waals surface area contributed by atoms with E-state index in [-0.39, 0.29) is 18.9 Å². The average molecular weight is 786 g/mol. The van der Waals surface area contributed by atoms with Crippen molar-refractivity contribution in [2.75, 3.05) is 26.4 Å². The van der Waals surface area contributed by atoms with E-state index in [2.05, 4.69) is 12.2 Å². The van der Waals surface area contributed by atoms with Crippen LogP contribution in [0.3, 0.4) is 0 Å². The number of rotatable bonds is 22. The van der Waals surface area contributed by atoms with Gasteiger partial charge in [0.2, 0.25) is 5.91 Å². The molecule has 3 saturated heterocycles. The molecule has 3 rings (SSSR count). The molecule has 12 N–H and O–H groups in total. The summed E-state index contributed by atoms with van der Waals surface area (Å²) in [5, 5.41) is 117. The largest absolute Gasteiger partial charge is 0.394 e. The molecule has 3 heterocycles. The van der Waals surface area contributed by atoms with Crippen molar-refractivity contribution >= 4 is 5.91 Å². The molecule has 19 nitrogen and oxygen atoms in total. The van der Waals surface area contributed by atoms with Gasteiger partial charge in [0.15, 0.2) is 18.9 Å². The zero-order valence-electron chi connectivity index (χ0n) is 30.9. The second kappa shape index (κ2) is 23.7. The van der Waals surface area contributed by atoms with Crippen LogP contribution in [0.25, 0.3) is 0 Å². The number of amides is 1. The van der Waals surface area contributed by atoms with Gasteiger partial charge in [-0.1, -0.05) is 64.5 Å². The third kappa shape index (κ3) is 12.8. The van der Waals surface area contributed by atoms with Crippen molar-refractivity contribution in [3.63, 3.8) is 0 Å². The molecule has 54 heavy (non-hydrogen) atoms. The Hall–Kier alpha value is -1.47. The number of aliphatic hydroxyl groups excluding tert-OH is 11. The molecule has 3 aliphatic heterocycles. The number of hydrogen-bond acceptors (Lipinski definition) is 18. The number of unbranched alkanes of at least 4 members (excludes halogenated alkanes) is 7. The molecule has 0 aromatic heterocycles. The quantitative estimate of drug-likeness (QED) is 0.0373. The van der Waals surface area contributed by atoms with E-state index in [1.165, 1.54) is 25.7 Å². The highest BCUT2D eigenvalue weighted by atomic mass is 16.8. The maximum absolute atomic E-state index is 12.2. The number of nitrogens with one attached hydrogen (secondary N) is 1. The lowest BCUT2D eigenvalue weighted by molar-refractivity contribution is -0.379. The van der Waals surface area contributed by atoms with Crippen LogP contribution in [-0.4, -0.2) is 193 Å². The molecule has 316 valence electrons. The number of ether oxygens (including phenoxy) is 6. The molecule has 0 aromatic rings. The van der Waals surface area contributed by atoms with E-state index in [9.17, 15) is 61.0 Å². The lowest BCUT2D eigenvalue weighted by atomic mass is 9.96. The standard InChI is InChI=1S/C35H63NO18/c1-3-5-6-7-8-9-10-11-12-13-19(40)18(36-23(41)4-2)17-49-33-29(47)26(44)31(21(15-38)51-33)54-35-30(48)27(45)32(22(16-39)52-35)53-34-28(46)25(43)24(42)20(14-37)50-34/h12-13,18-22,24-35,37-40,42-48H,3-11,14-17H2,1-2H3,(H,36,41)/b13-12+. The normalized spacial score (nSPS) is 38.7. The fourth-order valence-electron chi connectivity index (χ4n) is 6.50. The highest BCUT2D eigenvalue weighted by molar-refractivity contribution is 5.75. The highest BCUT2D eigenvalue weighted by Gasteiger charge is 2.53. The van der Waals surface area contributed by atoms with Crippen LogP contribution in [0.1, 0.15) is 71.6 Å². The summed E-state index contributed by atoms with van der Waals surface area (Å²) in [6.07, 6.45) is -14.5. The first-order chi connectivity index (χ1) is 25.8. The molecular weight excluding hydrogens is 722 g/mol. The summed E-state index contributed by atoms with van der Waals surface area (Å²) in [6, 6.07) is -0.960. The number of hydrogen-bond donors (Lipinski definition) is 12. The maximum Gasteiger partial charge on any atom is 0.220 e. The number of allylic oxidation sites excluding steroid dienone is 1. The van der Waals surface area contributed by atoms with E-state index in [0.717, 1.165) is 25.7 Å². The topological polar surface area (TPSA) is 307 Å². The Morgan fingerprint density at radius 3 is 1.67 bits per heavy atom. The number of carbonyl (C=O) groups excluding carboxylic acids is 1. The Bertz CT molecular complexity index is 1080. The molecule has 19 heteroatoms. The van der Waals surface area contributed by atoms with Crippen molar-refractivity contribution in [2.24, 2.45) is 0 Å². The first-order valence-electron chi connectivity index (χ1n) is 18.9. The van der Waals surface area contributed by atoms with Crippen LogP contribution in [0.4, 0.5) is 0 Å². The van der Waals surface area contributed by atoms with Gasteiger partial charge in [0.05, 0.1) is 38.6 Å². The van der Waals surface area contributed by atoms with Gasteiger partial charge in [0, 0.05) is 6.42 Å². The van der Waals surface area contributed by atoms with Crippen molar-refractivity contribution in [3.8, 4) is 0 Å². The second-order valence-corrected chi connectivity index (χ2v) is 14.0. The predicted octanol–water partition coefficient (Wildman–Crippen LogP) is -3.60. The molecule has 3 fully saturated rings. The molecule has 3 aliphatic rings. The summed E-state index contributed by atoms with van der Waals surface area (Å²) in [4.78, 5) is 12.2. The van der Waals surface area contributed by atoms with Gasteiger partial charge in [-0.05, 0) is 12.8 Å². The van der Waals surface area contributed by atoms with Gasteiger partial charge in [-0.2, -0.15) is 0 Å². The Labute approximate surface area is 315 Å². The van der Waals surface area contributed by atoms with Crippen LogP contribution in [0.2, 0.25) is 0 Å². The molecule has 0 saturated carbocycles. The van der Waals surface area contributed by atoms with Crippen molar-refractivity contribution in [1.29, 1.82) is 0 Å². The molecule has 0 aromatic carbocycles. The van der Waals surface area contributed by atoms with Crippen LogP contribution in [0.15, 0.2) is 12.2 Å². The number of aliphatic hydroxyl groups is 11. The van der Waals surface area contributed by atoms with Crippen LogP contribution in [-0.2, 0) is 33.2 Å². The van der Waals surface area contributed by atoms with Crippen molar-refractivity contribution < 1.29 is 89.4 Å². The monoisotopic (exact) mass is 785 g/mol. The van der Waals surface area contributed by atoms with E-state index in [1.54, 1.807) is 13.0 Å². The van der Waals surface area contributed by atoms with Gasteiger partial charge in [-0.3, -0.25) is 4.79 Å². The predicted molar refractivity (Wildman–Crippen MR) is 185 cm³/mol. The smallest absolute Gasteiger partial charge is 0.220 e. The van der Waals surface area contributed by atoms with Crippen LogP contribution >= 0.6 is 0 Å². The third-order valence-corrected chi connectivity index (χ3v) is 9.90. The van der Waals surface area contributed by atoms with E-state index >= 15 is 0 Å². The van der Waals surface area contributed by atoms with Gasteiger partial charge in [0.1, 0.15) is 73.2 Å². The summed E-state index contributed by atoms with van der Waals surface area (Å²) in [7, 11) is 0. The van der Waals surface area contributed by atoms with E-state index < -0.39 is 124 Å². The molecule has 0 aliphatic carbocycles. The lowest BCUT2D eigenvalue weighted by Gasteiger charge is -2.48. The van der Waals surface area contributed by atoms with E-state index in [0.29, 0.717) is 0 Å². The summed E-state index contributed by atoms with van der Waals surface area (Å²) >= 11 is 0. The Kier molecular flexibility index (Phi) is 20.6. The van der Waals surface area contributed by atoms with Crippen LogP contribution in [0.5, 0.6) is 0 Å². The summed E-state index contributed by atoms with van der Waals surface area (Å²) < 4.78 is 33.5. The molecule has 0 spiro atoms. The van der Waals surface area contributed by atoms with E-state index in [1.807, 2.05) is 6.08 Å². The molecule has 17 atom stereocenters. The Morgan fingerprint density at radius 1 is 0.648 bits per heavy atom. The Morgan fingerprint density at radius 2 is 1.13 bits per heavy atom. The minimum atomic E-state index is -1.97. The maximum atomic E-state index is 12.2. The minimum absolute atomic E-state index is 0.124. The van der Waals surface area contributed by atoms with Crippen molar-refractivity contribution in [3.05, 3.63) is 12.2 Å². The Balaban J connectivity index is 1.60. The fourth-order valence-corrected chi connectivity index (χ4v) is 6.50. The summed E-state index contributed by atoms with van der Waals surface area (Å²) in [5.74, 6) is -0.370. The highest BCUT2D eigenvalue weighted by Crippen LogP contribution is 2.32. The minimum Gasteiger partial charge on any atom is -0.394 e. The van der Waals surface area contributed by atoms with E-state index in [4.69, 9.17) is 28.4 Å².